The molecule has 4 rings (SSSR count). The lowest BCUT2D eigenvalue weighted by atomic mass is 10.2. The quantitative estimate of drug-likeness (QED) is 0.483. The molecule has 3 nitrogen and oxygen atoms in total. The highest BCUT2D eigenvalue weighted by molar-refractivity contribution is 6.31. The highest BCUT2D eigenvalue weighted by atomic mass is 35.5. The van der Waals surface area contributed by atoms with Gasteiger partial charge in [0.15, 0.2) is 0 Å². The van der Waals surface area contributed by atoms with Gasteiger partial charge >= 0.3 is 0 Å². The van der Waals surface area contributed by atoms with Gasteiger partial charge in [-0.3, -0.25) is 4.79 Å². The van der Waals surface area contributed by atoms with Crippen LogP contribution in [-0.2, 0) is 7.05 Å². The Hall–Kier alpha value is -2.26. The van der Waals surface area contributed by atoms with Gasteiger partial charge in [-0.1, -0.05) is 17.7 Å². The third-order valence-corrected chi connectivity index (χ3v) is 4.26. The molecule has 104 valence electrons. The molecule has 0 unspecified atom stereocenters. The topological polar surface area (TPSA) is 26.4 Å². The summed E-state index contributed by atoms with van der Waals surface area (Å²) >= 11 is 6.07. The summed E-state index contributed by atoms with van der Waals surface area (Å²) in [6, 6.07) is 13.7. The minimum atomic E-state index is -0.00123. The first-order valence-corrected chi connectivity index (χ1v) is 7.14. The Labute approximate surface area is 126 Å². The van der Waals surface area contributed by atoms with Crippen molar-refractivity contribution in [1.29, 1.82) is 0 Å². The molecule has 21 heavy (non-hydrogen) atoms. The average Bonchev–Trinajstić information content (AvgIpc) is 2.83. The maximum absolute atomic E-state index is 12.6. The predicted molar refractivity (Wildman–Crippen MR) is 87.4 cm³/mol. The molecule has 0 aliphatic heterocycles. The SMILES string of the molecule is Cc1ccc2c(c1)n1c(cc3cc(Cl)ccc31)c(=O)n2C. The first-order valence-electron chi connectivity index (χ1n) is 6.76. The van der Waals surface area contributed by atoms with Gasteiger partial charge in [0.1, 0.15) is 5.52 Å². The minimum Gasteiger partial charge on any atom is -0.308 e. The van der Waals surface area contributed by atoms with Crippen LogP contribution in [0.1, 0.15) is 5.56 Å². The summed E-state index contributed by atoms with van der Waals surface area (Å²) in [6.07, 6.45) is 0. The van der Waals surface area contributed by atoms with Crippen molar-refractivity contribution in [3.05, 3.63) is 63.4 Å². The molecule has 0 fully saturated rings. The number of hydrogen-bond donors (Lipinski definition) is 0. The Bertz CT molecular complexity index is 1090. The summed E-state index contributed by atoms with van der Waals surface area (Å²) in [6.45, 7) is 2.05. The molecule has 0 spiro atoms. The van der Waals surface area contributed by atoms with Crippen LogP contribution in [0, 0.1) is 6.92 Å². The van der Waals surface area contributed by atoms with E-state index in [-0.39, 0.29) is 5.56 Å². The smallest absolute Gasteiger partial charge is 0.275 e. The van der Waals surface area contributed by atoms with E-state index in [1.54, 1.807) is 4.57 Å². The molecule has 4 aromatic rings. The van der Waals surface area contributed by atoms with Gasteiger partial charge in [-0.15, -0.1) is 0 Å². The summed E-state index contributed by atoms with van der Waals surface area (Å²) in [4.78, 5) is 12.6. The van der Waals surface area contributed by atoms with E-state index in [0.717, 1.165) is 21.9 Å². The summed E-state index contributed by atoms with van der Waals surface area (Å²) in [5.41, 5.74) is 4.79. The lowest BCUT2D eigenvalue weighted by Gasteiger charge is -2.09. The molecule has 0 amide bonds. The van der Waals surface area contributed by atoms with Crippen LogP contribution in [0.5, 0.6) is 0 Å². The Kier molecular flexibility index (Phi) is 2.45. The summed E-state index contributed by atoms with van der Waals surface area (Å²) in [5.74, 6) is 0. The van der Waals surface area contributed by atoms with Crippen LogP contribution in [0.15, 0.2) is 47.3 Å². The first kappa shape index (κ1) is 12.5. The summed E-state index contributed by atoms with van der Waals surface area (Å²) < 4.78 is 3.72. The van der Waals surface area contributed by atoms with E-state index in [1.165, 1.54) is 5.56 Å². The molecule has 4 heteroatoms. The molecular formula is C17H13ClN2O. The number of nitrogens with zero attached hydrogens (tertiary/aromatic N) is 2. The number of fused-ring (bicyclic) bond motifs is 5. The molecule has 2 heterocycles. The van der Waals surface area contributed by atoms with Gasteiger partial charge in [0.25, 0.3) is 5.56 Å². The molecule has 0 aliphatic carbocycles. The Morgan fingerprint density at radius 3 is 2.48 bits per heavy atom. The lowest BCUT2D eigenvalue weighted by Crippen LogP contribution is -2.19. The zero-order chi connectivity index (χ0) is 14.7. The van der Waals surface area contributed by atoms with Gasteiger partial charge in [-0.05, 0) is 48.9 Å². The number of aryl methyl sites for hydroxylation is 2. The van der Waals surface area contributed by atoms with Gasteiger partial charge in [-0.2, -0.15) is 0 Å². The van der Waals surface area contributed by atoms with Crippen LogP contribution in [0.4, 0.5) is 0 Å². The Morgan fingerprint density at radius 1 is 0.905 bits per heavy atom. The molecule has 0 radical (unpaired) electrons. The van der Waals surface area contributed by atoms with Crippen molar-refractivity contribution in [3.8, 4) is 0 Å². The number of hydrogen-bond acceptors (Lipinski definition) is 1. The fraction of sp³-hybridized carbons (Fsp3) is 0.118. The van der Waals surface area contributed by atoms with Crippen molar-refractivity contribution in [2.75, 3.05) is 0 Å². The largest absolute Gasteiger partial charge is 0.308 e. The number of aromatic nitrogens is 2. The monoisotopic (exact) mass is 296 g/mol. The molecule has 0 aliphatic rings. The molecular weight excluding hydrogens is 284 g/mol. The fourth-order valence-corrected chi connectivity index (χ4v) is 3.16. The summed E-state index contributed by atoms with van der Waals surface area (Å²) in [5, 5.41) is 1.66. The van der Waals surface area contributed by atoms with Gasteiger partial charge < -0.3 is 8.97 Å². The van der Waals surface area contributed by atoms with E-state index < -0.39 is 0 Å². The van der Waals surface area contributed by atoms with Crippen LogP contribution in [0.25, 0.3) is 27.5 Å². The first-order chi connectivity index (χ1) is 10.1. The second kappa shape index (κ2) is 4.12. The second-order valence-corrected chi connectivity index (χ2v) is 5.86. The fourth-order valence-electron chi connectivity index (χ4n) is 2.98. The van der Waals surface area contributed by atoms with Crippen LogP contribution >= 0.6 is 11.6 Å². The predicted octanol–water partition coefficient (Wildman–Crippen LogP) is 3.91. The van der Waals surface area contributed by atoms with Crippen molar-refractivity contribution < 1.29 is 0 Å². The maximum atomic E-state index is 12.6. The van der Waals surface area contributed by atoms with Gasteiger partial charge in [0, 0.05) is 17.5 Å². The van der Waals surface area contributed by atoms with E-state index in [1.807, 2.05) is 47.8 Å². The van der Waals surface area contributed by atoms with Crippen molar-refractivity contribution >= 4 is 39.1 Å². The highest BCUT2D eigenvalue weighted by Crippen LogP contribution is 2.26. The third-order valence-electron chi connectivity index (χ3n) is 4.02. The van der Waals surface area contributed by atoms with Crippen molar-refractivity contribution in [2.45, 2.75) is 6.92 Å². The number of rotatable bonds is 0. The standard InChI is InChI=1S/C17H13ClN2O/c1-10-3-5-14-15(7-10)20-13-6-4-12(18)8-11(13)9-16(20)17(21)19(14)2/h3-9H,1-2H3. The molecule has 0 saturated heterocycles. The molecule has 2 aromatic carbocycles. The van der Waals surface area contributed by atoms with E-state index in [4.69, 9.17) is 11.6 Å². The van der Waals surface area contributed by atoms with Gasteiger partial charge in [0.05, 0.1) is 16.6 Å². The van der Waals surface area contributed by atoms with Crippen molar-refractivity contribution in [2.24, 2.45) is 7.05 Å². The number of halogens is 1. The van der Waals surface area contributed by atoms with Gasteiger partial charge in [-0.25, -0.2) is 0 Å². The Morgan fingerprint density at radius 2 is 1.67 bits per heavy atom. The van der Waals surface area contributed by atoms with E-state index in [0.29, 0.717) is 10.5 Å². The Balaban J connectivity index is 2.40. The summed E-state index contributed by atoms with van der Waals surface area (Å²) in [7, 11) is 1.81. The van der Waals surface area contributed by atoms with E-state index >= 15 is 0 Å². The third kappa shape index (κ3) is 1.64. The van der Waals surface area contributed by atoms with Crippen LogP contribution in [-0.4, -0.2) is 8.97 Å². The molecule has 2 aromatic heterocycles. The van der Waals surface area contributed by atoms with E-state index in [2.05, 4.69) is 13.0 Å². The highest BCUT2D eigenvalue weighted by Gasteiger charge is 2.12. The van der Waals surface area contributed by atoms with Crippen molar-refractivity contribution in [1.82, 2.24) is 8.97 Å². The van der Waals surface area contributed by atoms with Crippen LogP contribution in [0.2, 0.25) is 5.02 Å². The zero-order valence-corrected chi connectivity index (χ0v) is 12.5. The molecule has 0 N–H and O–H groups in total. The van der Waals surface area contributed by atoms with Crippen molar-refractivity contribution in [3.63, 3.8) is 0 Å². The minimum absolute atomic E-state index is 0.00123. The normalized spacial score (nSPS) is 11.8. The van der Waals surface area contributed by atoms with E-state index in [9.17, 15) is 4.79 Å². The number of benzene rings is 2. The van der Waals surface area contributed by atoms with Crippen LogP contribution < -0.4 is 5.56 Å². The second-order valence-electron chi connectivity index (χ2n) is 5.42. The molecule has 0 atom stereocenters. The molecule has 0 bridgehead atoms. The zero-order valence-electron chi connectivity index (χ0n) is 11.7. The lowest BCUT2D eigenvalue weighted by molar-refractivity contribution is 0.902. The molecule has 0 saturated carbocycles. The van der Waals surface area contributed by atoms with Gasteiger partial charge in [0.2, 0.25) is 0 Å². The maximum Gasteiger partial charge on any atom is 0.275 e. The van der Waals surface area contributed by atoms with Crippen LogP contribution in [0.3, 0.4) is 0 Å². The average molecular weight is 297 g/mol.